The van der Waals surface area contributed by atoms with Crippen LogP contribution in [0, 0.1) is 0 Å². The molecule has 2 rings (SSSR count). The highest BCUT2D eigenvalue weighted by Gasteiger charge is 2.35. The third kappa shape index (κ3) is 3.96. The van der Waals surface area contributed by atoms with Crippen LogP contribution < -0.4 is 5.32 Å². The molecule has 0 bridgehead atoms. The molecule has 1 heterocycles. The Morgan fingerprint density at radius 2 is 2.05 bits per heavy atom. The highest BCUT2D eigenvalue weighted by molar-refractivity contribution is 5.76. The molecular formula is C13H18F3N3O2. The molecule has 1 aliphatic carbocycles. The monoisotopic (exact) mass is 305 g/mol. The molecule has 0 spiro atoms. The summed E-state index contributed by atoms with van der Waals surface area (Å²) in [6, 6.07) is 0.829. The molecule has 118 valence electrons. The van der Waals surface area contributed by atoms with Gasteiger partial charge in [0.1, 0.15) is 6.54 Å². The van der Waals surface area contributed by atoms with Gasteiger partial charge in [-0.3, -0.25) is 9.48 Å². The topological polar surface area (TPSA) is 67.2 Å². The lowest BCUT2D eigenvalue weighted by Crippen LogP contribution is -2.53. The van der Waals surface area contributed by atoms with Crippen LogP contribution >= 0.6 is 0 Å². The maximum absolute atomic E-state index is 12.4. The van der Waals surface area contributed by atoms with Crippen molar-refractivity contribution in [1.29, 1.82) is 0 Å². The molecule has 1 aliphatic rings. The summed E-state index contributed by atoms with van der Waals surface area (Å²) in [6.45, 7) is -0.455. The minimum absolute atomic E-state index is 0.161. The third-order valence-electron chi connectivity index (χ3n) is 3.75. The Morgan fingerprint density at radius 1 is 1.38 bits per heavy atom. The van der Waals surface area contributed by atoms with Crippen molar-refractivity contribution in [3.63, 3.8) is 0 Å². The Bertz CT molecular complexity index is 493. The van der Waals surface area contributed by atoms with E-state index in [1.807, 2.05) is 0 Å². The number of hydrogen-bond donors (Lipinski definition) is 2. The van der Waals surface area contributed by atoms with Crippen LogP contribution in [0.15, 0.2) is 12.3 Å². The number of carbonyl (C=O) groups excluding carboxylic acids is 1. The summed E-state index contributed by atoms with van der Waals surface area (Å²) in [5.74, 6) is -0.442. The van der Waals surface area contributed by atoms with E-state index >= 15 is 0 Å². The van der Waals surface area contributed by atoms with Crippen molar-refractivity contribution in [2.24, 2.45) is 0 Å². The Labute approximate surface area is 120 Å². The molecule has 1 aromatic rings. The second-order valence-electron chi connectivity index (χ2n) is 5.44. The first-order valence-electron chi connectivity index (χ1n) is 6.87. The van der Waals surface area contributed by atoms with Gasteiger partial charge in [-0.25, -0.2) is 0 Å². The number of alkyl halides is 3. The van der Waals surface area contributed by atoms with Crippen molar-refractivity contribution in [3.8, 4) is 0 Å². The van der Waals surface area contributed by atoms with Gasteiger partial charge in [0, 0.05) is 6.20 Å². The molecule has 1 aromatic heterocycles. The van der Waals surface area contributed by atoms with Crippen molar-refractivity contribution in [2.75, 3.05) is 6.61 Å². The zero-order valence-electron chi connectivity index (χ0n) is 11.5. The molecule has 1 saturated carbocycles. The maximum Gasteiger partial charge on any atom is 0.435 e. The molecule has 0 aromatic carbocycles. The summed E-state index contributed by atoms with van der Waals surface area (Å²) in [6.07, 6.45) is 0.865. The number of aliphatic hydroxyl groups excluding tert-OH is 1. The molecule has 21 heavy (non-hydrogen) atoms. The lowest BCUT2D eigenvalue weighted by Gasteiger charge is -2.36. The number of aliphatic hydroxyl groups is 1. The number of aromatic nitrogens is 2. The van der Waals surface area contributed by atoms with Crippen molar-refractivity contribution in [1.82, 2.24) is 15.1 Å². The highest BCUT2D eigenvalue weighted by Crippen LogP contribution is 2.28. The van der Waals surface area contributed by atoms with E-state index in [1.54, 1.807) is 0 Å². The van der Waals surface area contributed by atoms with E-state index < -0.39 is 23.3 Å². The molecule has 0 aliphatic heterocycles. The second-order valence-corrected chi connectivity index (χ2v) is 5.44. The number of nitrogens with one attached hydrogen (secondary N) is 1. The van der Waals surface area contributed by atoms with Crippen LogP contribution in [0.25, 0.3) is 0 Å². The number of nitrogens with zero attached hydrogens (tertiary/aromatic N) is 2. The van der Waals surface area contributed by atoms with Crippen molar-refractivity contribution in [2.45, 2.75) is 50.4 Å². The summed E-state index contributed by atoms with van der Waals surface area (Å²) < 4.78 is 38.2. The van der Waals surface area contributed by atoms with Gasteiger partial charge in [0.25, 0.3) is 0 Å². The van der Waals surface area contributed by atoms with E-state index in [9.17, 15) is 23.1 Å². The van der Waals surface area contributed by atoms with E-state index in [-0.39, 0.29) is 13.2 Å². The first-order valence-corrected chi connectivity index (χ1v) is 6.87. The second kappa shape index (κ2) is 6.05. The Morgan fingerprint density at radius 3 is 2.57 bits per heavy atom. The van der Waals surface area contributed by atoms with E-state index in [2.05, 4.69) is 10.4 Å². The Hall–Kier alpha value is -1.57. The first-order chi connectivity index (χ1) is 9.85. The Balaban J connectivity index is 1.96. The summed E-state index contributed by atoms with van der Waals surface area (Å²) in [5.41, 5.74) is -1.67. The Kier molecular flexibility index (Phi) is 4.55. The van der Waals surface area contributed by atoms with Gasteiger partial charge in [-0.05, 0) is 18.9 Å². The van der Waals surface area contributed by atoms with Gasteiger partial charge in [-0.1, -0.05) is 19.3 Å². The summed E-state index contributed by atoms with van der Waals surface area (Å²) >= 11 is 0. The number of halogens is 3. The quantitative estimate of drug-likeness (QED) is 0.890. The molecule has 0 radical (unpaired) electrons. The van der Waals surface area contributed by atoms with Crippen molar-refractivity contribution >= 4 is 5.91 Å². The molecule has 2 N–H and O–H groups in total. The molecule has 0 saturated heterocycles. The third-order valence-corrected chi connectivity index (χ3v) is 3.75. The van der Waals surface area contributed by atoms with Gasteiger partial charge in [0.15, 0.2) is 5.69 Å². The van der Waals surface area contributed by atoms with Gasteiger partial charge in [-0.15, -0.1) is 0 Å². The van der Waals surface area contributed by atoms with Crippen LogP contribution in [0.4, 0.5) is 13.2 Å². The van der Waals surface area contributed by atoms with Gasteiger partial charge < -0.3 is 10.4 Å². The maximum atomic E-state index is 12.4. The predicted octanol–water partition coefficient (Wildman–Crippen LogP) is 1.71. The molecule has 5 nitrogen and oxygen atoms in total. The fraction of sp³-hybridized carbons (Fsp3) is 0.692. The van der Waals surface area contributed by atoms with E-state index in [0.29, 0.717) is 12.8 Å². The fourth-order valence-electron chi connectivity index (χ4n) is 2.63. The van der Waals surface area contributed by atoms with Gasteiger partial charge in [0.2, 0.25) is 5.91 Å². The normalized spacial score (nSPS) is 18.5. The smallest absolute Gasteiger partial charge is 0.394 e. The molecule has 0 unspecified atom stereocenters. The van der Waals surface area contributed by atoms with Gasteiger partial charge in [0.05, 0.1) is 12.1 Å². The highest BCUT2D eigenvalue weighted by atomic mass is 19.4. The van der Waals surface area contributed by atoms with Crippen LogP contribution in [0.1, 0.15) is 37.8 Å². The average Bonchev–Trinajstić information content (AvgIpc) is 2.88. The summed E-state index contributed by atoms with van der Waals surface area (Å²) in [5, 5.41) is 15.6. The van der Waals surface area contributed by atoms with Crippen LogP contribution in [0.2, 0.25) is 0 Å². The summed E-state index contributed by atoms with van der Waals surface area (Å²) in [7, 11) is 0. The standard InChI is InChI=1S/C13H18F3N3O2/c14-13(15,16)10-4-7-19(18-10)8-11(21)17-12(9-20)5-2-1-3-6-12/h4,7,20H,1-3,5-6,8-9H2,(H,17,21). The zero-order chi connectivity index (χ0) is 15.5. The predicted molar refractivity (Wildman–Crippen MR) is 68.3 cm³/mol. The summed E-state index contributed by atoms with van der Waals surface area (Å²) in [4.78, 5) is 11.9. The molecular weight excluding hydrogens is 287 g/mol. The number of rotatable bonds is 4. The lowest BCUT2D eigenvalue weighted by molar-refractivity contribution is -0.141. The number of amides is 1. The minimum Gasteiger partial charge on any atom is -0.394 e. The largest absolute Gasteiger partial charge is 0.435 e. The first kappa shape index (κ1) is 15.8. The van der Waals surface area contributed by atoms with Crippen LogP contribution in [0.3, 0.4) is 0 Å². The van der Waals surface area contributed by atoms with Gasteiger partial charge >= 0.3 is 6.18 Å². The average molecular weight is 305 g/mol. The van der Waals surface area contributed by atoms with E-state index in [4.69, 9.17) is 0 Å². The SMILES string of the molecule is O=C(Cn1ccc(C(F)(F)F)n1)NC1(CO)CCCCC1. The van der Waals surface area contributed by atoms with E-state index in [0.717, 1.165) is 36.2 Å². The molecule has 0 atom stereocenters. The number of carbonyl (C=O) groups is 1. The zero-order valence-corrected chi connectivity index (χ0v) is 11.5. The molecule has 1 fully saturated rings. The lowest BCUT2D eigenvalue weighted by atomic mass is 9.82. The van der Waals surface area contributed by atoms with Crippen LogP contribution in [-0.4, -0.2) is 32.9 Å². The molecule has 1 amide bonds. The van der Waals surface area contributed by atoms with Gasteiger partial charge in [-0.2, -0.15) is 18.3 Å². The van der Waals surface area contributed by atoms with E-state index in [1.165, 1.54) is 0 Å². The fourth-order valence-corrected chi connectivity index (χ4v) is 2.63. The van der Waals surface area contributed by atoms with Crippen molar-refractivity contribution < 1.29 is 23.1 Å². The van der Waals surface area contributed by atoms with Crippen molar-refractivity contribution in [3.05, 3.63) is 18.0 Å². The van der Waals surface area contributed by atoms with Crippen LogP contribution in [0.5, 0.6) is 0 Å². The minimum atomic E-state index is -4.52. The molecule has 8 heteroatoms. The van der Waals surface area contributed by atoms with Crippen LogP contribution in [-0.2, 0) is 17.5 Å². The number of hydrogen-bond acceptors (Lipinski definition) is 3.